The highest BCUT2D eigenvalue weighted by molar-refractivity contribution is 7.90. The number of aliphatic hydroxyl groups is 1. The van der Waals surface area contributed by atoms with Crippen molar-refractivity contribution in [1.82, 2.24) is 5.32 Å². The lowest BCUT2D eigenvalue weighted by Gasteiger charge is -2.11. The topological polar surface area (TPSA) is 83.5 Å². The molecule has 1 rings (SSSR count). The molecule has 5 nitrogen and oxygen atoms in total. The lowest BCUT2D eigenvalue weighted by molar-refractivity contribution is 0.0945. The summed E-state index contributed by atoms with van der Waals surface area (Å²) in [6, 6.07) is 5.81. The second kappa shape index (κ2) is 6.68. The molecule has 19 heavy (non-hydrogen) atoms. The molecule has 1 atom stereocenters. The monoisotopic (exact) mass is 285 g/mol. The van der Waals surface area contributed by atoms with Crippen molar-refractivity contribution in [2.45, 2.75) is 18.2 Å². The summed E-state index contributed by atoms with van der Waals surface area (Å²) in [7, 11) is -3.24. The quantitative estimate of drug-likeness (QED) is 0.811. The minimum Gasteiger partial charge on any atom is -0.396 e. The molecule has 1 unspecified atom stereocenters. The molecule has 1 amide bonds. The molecule has 0 aromatic heterocycles. The Morgan fingerprint density at radius 3 is 2.37 bits per heavy atom. The molecule has 0 aliphatic carbocycles. The lowest BCUT2D eigenvalue weighted by Crippen LogP contribution is -2.28. The van der Waals surface area contributed by atoms with Gasteiger partial charge in [0.25, 0.3) is 5.91 Å². The molecule has 1 aromatic rings. The lowest BCUT2D eigenvalue weighted by atomic mass is 10.1. The van der Waals surface area contributed by atoms with Crippen LogP contribution in [0.1, 0.15) is 23.7 Å². The highest BCUT2D eigenvalue weighted by Gasteiger charge is 2.10. The van der Waals surface area contributed by atoms with Gasteiger partial charge in [-0.25, -0.2) is 8.42 Å². The number of carbonyl (C=O) groups excluding carboxylic acids is 1. The van der Waals surface area contributed by atoms with Gasteiger partial charge in [-0.1, -0.05) is 6.92 Å². The predicted molar refractivity (Wildman–Crippen MR) is 72.8 cm³/mol. The number of rotatable bonds is 6. The summed E-state index contributed by atoms with van der Waals surface area (Å²) in [4.78, 5) is 12.0. The fraction of sp³-hybridized carbons (Fsp3) is 0.462. The maximum absolute atomic E-state index is 11.8. The van der Waals surface area contributed by atoms with Crippen LogP contribution in [0.15, 0.2) is 29.2 Å². The minimum absolute atomic E-state index is 0.0973. The van der Waals surface area contributed by atoms with Gasteiger partial charge >= 0.3 is 0 Å². The Hall–Kier alpha value is -1.40. The van der Waals surface area contributed by atoms with Crippen LogP contribution in [-0.2, 0) is 9.84 Å². The largest absolute Gasteiger partial charge is 0.396 e. The Bertz CT molecular complexity index is 522. The molecular weight excluding hydrogens is 266 g/mol. The van der Waals surface area contributed by atoms with Crippen molar-refractivity contribution in [2.24, 2.45) is 5.92 Å². The Morgan fingerprint density at radius 1 is 1.32 bits per heavy atom. The number of amides is 1. The van der Waals surface area contributed by atoms with Crippen LogP contribution >= 0.6 is 0 Å². The molecule has 0 saturated carbocycles. The van der Waals surface area contributed by atoms with E-state index in [1.165, 1.54) is 24.3 Å². The predicted octanol–water partition coefficient (Wildman–Crippen LogP) is 0.838. The molecule has 6 heteroatoms. The van der Waals surface area contributed by atoms with Gasteiger partial charge in [0.05, 0.1) is 4.90 Å². The second-order valence-corrected chi connectivity index (χ2v) is 6.64. The average molecular weight is 285 g/mol. The zero-order chi connectivity index (χ0) is 14.5. The van der Waals surface area contributed by atoms with Crippen molar-refractivity contribution in [3.8, 4) is 0 Å². The summed E-state index contributed by atoms with van der Waals surface area (Å²) in [5, 5.41) is 11.5. The first-order chi connectivity index (χ1) is 8.84. The van der Waals surface area contributed by atoms with E-state index in [2.05, 4.69) is 5.32 Å². The normalized spacial score (nSPS) is 13.0. The summed E-state index contributed by atoms with van der Waals surface area (Å²) in [5.41, 5.74) is 0.420. The van der Waals surface area contributed by atoms with Crippen LogP contribution in [0.3, 0.4) is 0 Å². The molecule has 0 aliphatic rings. The third-order valence-corrected chi connectivity index (χ3v) is 3.91. The third kappa shape index (κ3) is 5.00. The van der Waals surface area contributed by atoms with Gasteiger partial charge in [-0.3, -0.25) is 4.79 Å². The summed E-state index contributed by atoms with van der Waals surface area (Å²) >= 11 is 0. The van der Waals surface area contributed by atoms with Crippen LogP contribution in [0, 0.1) is 5.92 Å². The first-order valence-electron chi connectivity index (χ1n) is 6.03. The molecule has 0 aliphatic heterocycles. The maximum atomic E-state index is 11.8. The number of nitrogens with one attached hydrogen (secondary N) is 1. The molecule has 0 saturated heterocycles. The second-order valence-electron chi connectivity index (χ2n) is 4.62. The summed E-state index contributed by atoms with van der Waals surface area (Å²) in [6.07, 6.45) is 1.76. The average Bonchev–Trinajstić information content (AvgIpc) is 2.35. The minimum atomic E-state index is -3.24. The van der Waals surface area contributed by atoms with E-state index in [1.54, 1.807) is 0 Å². The Labute approximate surface area is 113 Å². The van der Waals surface area contributed by atoms with Gasteiger partial charge in [0.15, 0.2) is 9.84 Å². The van der Waals surface area contributed by atoms with Crippen molar-refractivity contribution in [1.29, 1.82) is 0 Å². The van der Waals surface area contributed by atoms with Crippen LogP contribution in [-0.4, -0.2) is 38.8 Å². The SMILES string of the molecule is CC(CCO)CNC(=O)c1ccc(S(C)(=O)=O)cc1. The van der Waals surface area contributed by atoms with Gasteiger partial charge in [0.2, 0.25) is 0 Å². The zero-order valence-corrected chi connectivity index (χ0v) is 11.9. The van der Waals surface area contributed by atoms with E-state index < -0.39 is 9.84 Å². The molecule has 0 bridgehead atoms. The van der Waals surface area contributed by atoms with Crippen LogP contribution < -0.4 is 5.32 Å². The highest BCUT2D eigenvalue weighted by atomic mass is 32.2. The van der Waals surface area contributed by atoms with E-state index in [0.29, 0.717) is 18.5 Å². The molecule has 1 aromatic carbocycles. The zero-order valence-electron chi connectivity index (χ0n) is 11.1. The van der Waals surface area contributed by atoms with Crippen molar-refractivity contribution < 1.29 is 18.3 Å². The third-order valence-electron chi connectivity index (χ3n) is 2.78. The summed E-state index contributed by atoms with van der Waals surface area (Å²) in [5.74, 6) is -0.0471. The Morgan fingerprint density at radius 2 is 1.89 bits per heavy atom. The molecule has 0 heterocycles. The van der Waals surface area contributed by atoms with Crippen molar-refractivity contribution in [3.05, 3.63) is 29.8 Å². The van der Waals surface area contributed by atoms with Gasteiger partial charge < -0.3 is 10.4 Å². The van der Waals surface area contributed by atoms with E-state index in [4.69, 9.17) is 5.11 Å². The van der Waals surface area contributed by atoms with Gasteiger partial charge in [0, 0.05) is 25.0 Å². The molecular formula is C13H19NO4S. The number of hydrogen-bond donors (Lipinski definition) is 2. The smallest absolute Gasteiger partial charge is 0.251 e. The molecule has 106 valence electrons. The van der Waals surface area contributed by atoms with E-state index in [9.17, 15) is 13.2 Å². The van der Waals surface area contributed by atoms with Crippen LogP contribution in [0.4, 0.5) is 0 Å². The van der Waals surface area contributed by atoms with E-state index in [-0.39, 0.29) is 23.3 Å². The number of aliphatic hydroxyl groups excluding tert-OH is 1. The summed E-state index contributed by atoms with van der Waals surface area (Å²) in [6.45, 7) is 2.51. The summed E-state index contributed by atoms with van der Waals surface area (Å²) < 4.78 is 22.6. The van der Waals surface area contributed by atoms with E-state index in [1.807, 2.05) is 6.92 Å². The van der Waals surface area contributed by atoms with Crippen molar-refractivity contribution in [3.63, 3.8) is 0 Å². The molecule has 2 N–H and O–H groups in total. The molecule has 0 spiro atoms. The fourth-order valence-corrected chi connectivity index (χ4v) is 2.18. The standard InChI is InChI=1S/C13H19NO4S/c1-10(7-8-15)9-14-13(16)11-3-5-12(6-4-11)19(2,17)18/h3-6,10,15H,7-9H2,1-2H3,(H,14,16). The number of carbonyl (C=O) groups is 1. The van der Waals surface area contributed by atoms with Crippen LogP contribution in [0.25, 0.3) is 0 Å². The van der Waals surface area contributed by atoms with Gasteiger partial charge in [0.1, 0.15) is 0 Å². The highest BCUT2D eigenvalue weighted by Crippen LogP contribution is 2.10. The van der Waals surface area contributed by atoms with Crippen molar-refractivity contribution in [2.75, 3.05) is 19.4 Å². The molecule has 0 radical (unpaired) electrons. The van der Waals surface area contributed by atoms with E-state index in [0.717, 1.165) is 6.26 Å². The van der Waals surface area contributed by atoms with Gasteiger partial charge in [-0.05, 0) is 36.6 Å². The van der Waals surface area contributed by atoms with Crippen LogP contribution in [0.2, 0.25) is 0 Å². The van der Waals surface area contributed by atoms with Gasteiger partial charge in [-0.2, -0.15) is 0 Å². The number of hydrogen-bond acceptors (Lipinski definition) is 4. The van der Waals surface area contributed by atoms with Crippen molar-refractivity contribution >= 4 is 15.7 Å². The Balaban J connectivity index is 2.64. The van der Waals surface area contributed by atoms with E-state index >= 15 is 0 Å². The maximum Gasteiger partial charge on any atom is 0.251 e. The first-order valence-corrected chi connectivity index (χ1v) is 7.93. The van der Waals surface area contributed by atoms with Crippen LogP contribution in [0.5, 0.6) is 0 Å². The van der Waals surface area contributed by atoms with Gasteiger partial charge in [-0.15, -0.1) is 0 Å². The fourth-order valence-electron chi connectivity index (χ4n) is 1.54. The first kappa shape index (κ1) is 15.7. The molecule has 0 fully saturated rings. The Kier molecular flexibility index (Phi) is 5.50. The number of benzene rings is 1. The number of sulfone groups is 1.